The first kappa shape index (κ1) is 14.0. The lowest BCUT2D eigenvalue weighted by molar-refractivity contribution is 0.888. The van der Waals surface area contributed by atoms with Crippen LogP contribution < -0.4 is 0 Å². The van der Waals surface area contributed by atoms with Crippen molar-refractivity contribution in [2.75, 3.05) is 6.26 Å². The van der Waals surface area contributed by atoms with Gasteiger partial charge < -0.3 is 0 Å². The maximum Gasteiger partial charge on any atom is 0.235 e. The Morgan fingerprint density at radius 3 is 2.82 bits per heavy atom. The molecule has 22 heavy (non-hydrogen) atoms. The quantitative estimate of drug-likeness (QED) is 0.547. The molecule has 0 bridgehead atoms. The van der Waals surface area contributed by atoms with Crippen LogP contribution in [0.25, 0.3) is 26.3 Å². The summed E-state index contributed by atoms with van der Waals surface area (Å²) in [6, 6.07) is 12.0. The summed E-state index contributed by atoms with van der Waals surface area (Å²) >= 11 is 9.54. The lowest BCUT2D eigenvalue weighted by Crippen LogP contribution is -1.93. The molecule has 110 valence electrons. The summed E-state index contributed by atoms with van der Waals surface area (Å²) in [5.74, 6) is 1.68. The van der Waals surface area contributed by atoms with Crippen molar-refractivity contribution in [3.63, 3.8) is 0 Å². The molecule has 4 aromatic rings. The van der Waals surface area contributed by atoms with Crippen molar-refractivity contribution >= 4 is 50.4 Å². The zero-order valence-corrected chi connectivity index (χ0v) is 14.0. The van der Waals surface area contributed by atoms with Crippen LogP contribution in [0.4, 0.5) is 0 Å². The second-order valence-corrected chi connectivity index (χ2v) is 7.02. The van der Waals surface area contributed by atoms with E-state index >= 15 is 0 Å². The van der Waals surface area contributed by atoms with Gasteiger partial charge in [0.15, 0.2) is 5.82 Å². The van der Waals surface area contributed by atoms with E-state index in [9.17, 15) is 0 Å². The number of aromatic nitrogens is 4. The predicted molar refractivity (Wildman–Crippen MR) is 93.8 cm³/mol. The minimum atomic E-state index is 0.755. The van der Waals surface area contributed by atoms with Crippen molar-refractivity contribution in [2.24, 2.45) is 0 Å². The molecule has 2 heterocycles. The Balaban J connectivity index is 1.93. The molecular weight excluding hydrogens is 336 g/mol. The molecule has 0 amide bonds. The third kappa shape index (κ3) is 2.18. The van der Waals surface area contributed by atoms with Crippen LogP contribution in [0.2, 0.25) is 5.02 Å². The standard InChI is InChI=1S/C15H11ClN4S2/c1-21-8-13-17-18-15-20(13)19-14(22-15)11-6-2-5-10-9(11)4-3-7-12(10)16/h2-7H,8H2,1H3. The first-order valence-electron chi connectivity index (χ1n) is 6.65. The molecule has 0 saturated carbocycles. The van der Waals surface area contributed by atoms with Crippen LogP contribution in [-0.4, -0.2) is 26.1 Å². The van der Waals surface area contributed by atoms with Gasteiger partial charge in [-0.2, -0.15) is 21.4 Å². The van der Waals surface area contributed by atoms with Crippen LogP contribution in [0.5, 0.6) is 0 Å². The highest BCUT2D eigenvalue weighted by Crippen LogP contribution is 2.34. The van der Waals surface area contributed by atoms with Crippen molar-refractivity contribution in [3.8, 4) is 10.6 Å². The van der Waals surface area contributed by atoms with E-state index in [1.54, 1.807) is 23.1 Å². The van der Waals surface area contributed by atoms with E-state index in [0.717, 1.165) is 42.9 Å². The van der Waals surface area contributed by atoms with E-state index < -0.39 is 0 Å². The fourth-order valence-electron chi connectivity index (χ4n) is 2.44. The Kier molecular flexibility index (Phi) is 3.52. The normalized spacial score (nSPS) is 11.5. The number of halogens is 1. The van der Waals surface area contributed by atoms with Crippen LogP contribution in [0.15, 0.2) is 36.4 Å². The molecule has 0 spiro atoms. The van der Waals surface area contributed by atoms with Crippen molar-refractivity contribution < 1.29 is 0 Å². The van der Waals surface area contributed by atoms with E-state index in [0.29, 0.717) is 0 Å². The van der Waals surface area contributed by atoms with E-state index in [-0.39, 0.29) is 0 Å². The smallest absolute Gasteiger partial charge is 0.186 e. The fraction of sp³-hybridized carbons (Fsp3) is 0.133. The summed E-state index contributed by atoms with van der Waals surface area (Å²) in [6.45, 7) is 0. The number of hydrogen-bond acceptors (Lipinski definition) is 5. The van der Waals surface area contributed by atoms with E-state index in [4.69, 9.17) is 16.7 Å². The highest BCUT2D eigenvalue weighted by molar-refractivity contribution is 7.97. The summed E-state index contributed by atoms with van der Waals surface area (Å²) in [7, 11) is 0. The molecule has 0 atom stereocenters. The number of thioether (sulfide) groups is 1. The second-order valence-electron chi connectivity index (χ2n) is 4.79. The van der Waals surface area contributed by atoms with Gasteiger partial charge in [0.05, 0.1) is 5.75 Å². The topological polar surface area (TPSA) is 43.1 Å². The average molecular weight is 347 g/mol. The Morgan fingerprint density at radius 2 is 1.95 bits per heavy atom. The maximum atomic E-state index is 6.29. The van der Waals surface area contributed by atoms with E-state index in [2.05, 4.69) is 22.3 Å². The average Bonchev–Trinajstić information content (AvgIpc) is 3.09. The predicted octanol–water partition coefficient (Wildman–Crippen LogP) is 4.52. The number of fused-ring (bicyclic) bond motifs is 2. The molecule has 0 aliphatic heterocycles. The first-order chi connectivity index (χ1) is 10.8. The number of rotatable bonds is 3. The summed E-state index contributed by atoms with van der Waals surface area (Å²) in [5.41, 5.74) is 1.07. The third-order valence-electron chi connectivity index (χ3n) is 3.43. The van der Waals surface area contributed by atoms with Gasteiger partial charge >= 0.3 is 0 Å². The molecule has 0 radical (unpaired) electrons. The molecule has 0 aliphatic rings. The third-order valence-corrected chi connectivity index (χ3v) is 5.24. The Bertz CT molecular complexity index is 976. The maximum absolute atomic E-state index is 6.29. The molecule has 4 nitrogen and oxygen atoms in total. The van der Waals surface area contributed by atoms with Crippen LogP contribution in [-0.2, 0) is 5.75 Å². The van der Waals surface area contributed by atoms with Crippen LogP contribution in [0.3, 0.4) is 0 Å². The Morgan fingerprint density at radius 1 is 1.14 bits per heavy atom. The largest absolute Gasteiger partial charge is 0.235 e. The van der Waals surface area contributed by atoms with Gasteiger partial charge in [-0.1, -0.05) is 53.3 Å². The van der Waals surface area contributed by atoms with Crippen LogP contribution in [0, 0.1) is 0 Å². The van der Waals surface area contributed by atoms with Crippen molar-refractivity contribution in [1.29, 1.82) is 0 Å². The lowest BCUT2D eigenvalue weighted by Gasteiger charge is -2.04. The molecule has 0 aliphatic carbocycles. The van der Waals surface area contributed by atoms with Crippen molar-refractivity contribution in [1.82, 2.24) is 19.8 Å². The lowest BCUT2D eigenvalue weighted by atomic mass is 10.1. The number of benzene rings is 2. The molecule has 0 unspecified atom stereocenters. The summed E-state index contributed by atoms with van der Waals surface area (Å²) in [4.78, 5) is 0.818. The highest BCUT2D eigenvalue weighted by atomic mass is 35.5. The summed E-state index contributed by atoms with van der Waals surface area (Å²) in [5, 5.41) is 16.9. The van der Waals surface area contributed by atoms with Crippen LogP contribution >= 0.6 is 34.7 Å². The van der Waals surface area contributed by atoms with Gasteiger partial charge in [0, 0.05) is 16.0 Å². The van der Waals surface area contributed by atoms with Gasteiger partial charge in [0.25, 0.3) is 0 Å². The van der Waals surface area contributed by atoms with Gasteiger partial charge in [0.2, 0.25) is 4.96 Å². The van der Waals surface area contributed by atoms with Crippen LogP contribution in [0.1, 0.15) is 5.82 Å². The number of nitrogens with zero attached hydrogens (tertiary/aromatic N) is 4. The van der Waals surface area contributed by atoms with E-state index in [1.165, 1.54) is 0 Å². The zero-order chi connectivity index (χ0) is 15.1. The van der Waals surface area contributed by atoms with Crippen molar-refractivity contribution in [3.05, 3.63) is 47.2 Å². The Hall–Kier alpha value is -1.63. The molecule has 0 saturated heterocycles. The summed E-state index contributed by atoms with van der Waals surface area (Å²) in [6.07, 6.45) is 2.04. The summed E-state index contributed by atoms with van der Waals surface area (Å²) < 4.78 is 1.83. The molecule has 2 aromatic carbocycles. The first-order valence-corrected chi connectivity index (χ1v) is 9.24. The highest BCUT2D eigenvalue weighted by Gasteiger charge is 2.14. The number of hydrogen-bond donors (Lipinski definition) is 0. The molecule has 0 fully saturated rings. The minimum absolute atomic E-state index is 0.755. The van der Waals surface area contributed by atoms with Gasteiger partial charge in [0.1, 0.15) is 5.01 Å². The molecule has 4 rings (SSSR count). The SMILES string of the molecule is CSCc1nnc2sc(-c3cccc4c(Cl)cccc34)nn12. The van der Waals surface area contributed by atoms with E-state index in [1.807, 2.05) is 35.0 Å². The Labute approximate surface area is 140 Å². The monoisotopic (exact) mass is 346 g/mol. The van der Waals surface area contributed by atoms with Gasteiger partial charge in [-0.05, 0) is 17.7 Å². The second kappa shape index (κ2) is 5.53. The molecule has 7 heteroatoms. The zero-order valence-electron chi connectivity index (χ0n) is 11.7. The van der Waals surface area contributed by atoms with Gasteiger partial charge in [-0.3, -0.25) is 0 Å². The fourth-order valence-corrected chi connectivity index (χ4v) is 4.02. The molecule has 0 N–H and O–H groups in total. The van der Waals surface area contributed by atoms with Gasteiger partial charge in [-0.15, -0.1) is 10.2 Å². The minimum Gasteiger partial charge on any atom is -0.186 e. The molecule has 2 aromatic heterocycles. The molecular formula is C15H11ClN4S2. The van der Waals surface area contributed by atoms with Crippen molar-refractivity contribution in [2.45, 2.75) is 5.75 Å². The van der Waals surface area contributed by atoms with Gasteiger partial charge in [-0.25, -0.2) is 0 Å².